The molecule has 38 heavy (non-hydrogen) atoms. The summed E-state index contributed by atoms with van der Waals surface area (Å²) in [6, 6.07) is 7.37. The first kappa shape index (κ1) is 29.1. The Morgan fingerprint density at radius 1 is 0.711 bits per heavy atom. The van der Waals surface area contributed by atoms with Crippen molar-refractivity contribution in [3.05, 3.63) is 92.0 Å². The summed E-state index contributed by atoms with van der Waals surface area (Å²) in [6.45, 7) is 0. The Morgan fingerprint density at radius 2 is 1.03 bits per heavy atom. The number of nitro benzene ring substituents is 2. The van der Waals surface area contributed by atoms with Crippen LogP contribution in [-0.4, -0.2) is 59.9 Å². The molecule has 0 saturated heterocycles. The third-order valence-electron chi connectivity index (χ3n) is 5.17. The van der Waals surface area contributed by atoms with E-state index >= 15 is 0 Å². The summed E-state index contributed by atoms with van der Waals surface area (Å²) in [5, 5.41) is 26.5. The first-order chi connectivity index (χ1) is 18.1. The highest BCUT2D eigenvalue weighted by molar-refractivity contribution is 5.97. The third kappa shape index (κ3) is 8.22. The lowest BCUT2D eigenvalue weighted by Crippen LogP contribution is -2.41. The zero-order valence-corrected chi connectivity index (χ0v) is 20.3. The molecule has 0 aromatic heterocycles. The number of non-ortho nitro benzene ring substituents is 2. The fourth-order valence-corrected chi connectivity index (χ4v) is 3.13. The van der Waals surface area contributed by atoms with Crippen LogP contribution in [0, 0.1) is 20.2 Å². The van der Waals surface area contributed by atoms with Crippen molar-refractivity contribution in [3.8, 4) is 0 Å². The van der Waals surface area contributed by atoms with Gasteiger partial charge < -0.3 is 20.1 Å². The molecule has 0 aliphatic heterocycles. The minimum atomic E-state index is -1.11. The van der Waals surface area contributed by atoms with Crippen LogP contribution in [0.15, 0.2) is 60.7 Å². The van der Waals surface area contributed by atoms with Gasteiger partial charge in [-0.25, -0.2) is 9.59 Å². The molecule has 2 rings (SSSR count). The minimum Gasteiger partial charge on any atom is -0.467 e. The van der Waals surface area contributed by atoms with Gasteiger partial charge in [-0.15, -0.1) is 0 Å². The van der Waals surface area contributed by atoms with Crippen molar-refractivity contribution >= 4 is 35.1 Å². The molecule has 2 aromatic carbocycles. The predicted molar refractivity (Wildman–Crippen MR) is 131 cm³/mol. The molecular formula is C24H24N4O10. The second-order valence-corrected chi connectivity index (χ2v) is 7.65. The Kier molecular flexibility index (Phi) is 10.6. The van der Waals surface area contributed by atoms with Crippen molar-refractivity contribution in [1.29, 1.82) is 0 Å². The minimum absolute atomic E-state index is 0.0322. The summed E-state index contributed by atoms with van der Waals surface area (Å²) >= 11 is 0. The van der Waals surface area contributed by atoms with Crippen LogP contribution in [0.2, 0.25) is 0 Å². The highest BCUT2D eigenvalue weighted by atomic mass is 16.6. The summed E-state index contributed by atoms with van der Waals surface area (Å²) in [6.07, 6.45) is 2.92. The molecule has 0 spiro atoms. The topological polar surface area (TPSA) is 197 Å². The Hall–Kier alpha value is -5.14. The molecule has 2 aromatic rings. The molecule has 0 aliphatic carbocycles. The van der Waals surface area contributed by atoms with Crippen molar-refractivity contribution in [2.45, 2.75) is 24.9 Å². The lowest BCUT2D eigenvalue weighted by molar-refractivity contribution is -0.385. The van der Waals surface area contributed by atoms with Crippen molar-refractivity contribution in [2.24, 2.45) is 0 Å². The van der Waals surface area contributed by atoms with Crippen molar-refractivity contribution in [2.75, 3.05) is 14.2 Å². The number of carbonyl (C=O) groups is 4. The van der Waals surface area contributed by atoms with Gasteiger partial charge in [-0.05, 0) is 37.1 Å². The number of nitro groups is 2. The van der Waals surface area contributed by atoms with Gasteiger partial charge in [0.15, 0.2) is 0 Å². The number of nitrogens with zero attached hydrogens (tertiary/aromatic N) is 2. The molecule has 0 heterocycles. The van der Waals surface area contributed by atoms with E-state index in [9.17, 15) is 39.4 Å². The van der Waals surface area contributed by atoms with Crippen LogP contribution in [-0.2, 0) is 19.1 Å². The molecule has 0 bridgehead atoms. The van der Waals surface area contributed by atoms with Gasteiger partial charge in [-0.3, -0.25) is 29.8 Å². The van der Waals surface area contributed by atoms with Gasteiger partial charge in [0, 0.05) is 35.4 Å². The van der Waals surface area contributed by atoms with Gasteiger partial charge in [-0.2, -0.15) is 0 Å². The Morgan fingerprint density at radius 3 is 1.29 bits per heavy atom. The second kappa shape index (κ2) is 13.8. The number of nitrogens with one attached hydrogen (secondary N) is 2. The van der Waals surface area contributed by atoms with Crippen LogP contribution in [0.25, 0.3) is 0 Å². The quantitative estimate of drug-likeness (QED) is 0.178. The number of hydrogen-bond donors (Lipinski definition) is 2. The predicted octanol–water partition coefficient (Wildman–Crippen LogP) is 2.08. The standard InChI is InChI=1S/C24H24N4O10/c1-37-23(31)19(25-21(29)15-7-11-17(12-8-15)27(33)34)5-3-4-6-20(24(32)38-2)26-22(30)16-9-13-18(14-10-16)28(35)36/h3-4,7-14,19-20H,5-6H2,1-2H3,(H,25,29)(H,26,30)/t19-,20-/m0/s1. The van der Waals surface area contributed by atoms with E-state index in [1.807, 2.05) is 0 Å². The summed E-state index contributed by atoms with van der Waals surface area (Å²) in [5.41, 5.74) is -0.217. The highest BCUT2D eigenvalue weighted by Crippen LogP contribution is 2.14. The van der Waals surface area contributed by atoms with E-state index in [2.05, 4.69) is 10.6 Å². The van der Waals surface area contributed by atoms with E-state index in [1.54, 1.807) is 0 Å². The second-order valence-electron chi connectivity index (χ2n) is 7.65. The molecule has 0 radical (unpaired) electrons. The summed E-state index contributed by atoms with van der Waals surface area (Å²) in [5.74, 6) is -2.82. The molecule has 0 aliphatic rings. The van der Waals surface area contributed by atoms with Crippen LogP contribution in [0.1, 0.15) is 33.6 Å². The number of carbonyl (C=O) groups excluding carboxylic acids is 4. The summed E-state index contributed by atoms with van der Waals surface area (Å²) < 4.78 is 9.42. The smallest absolute Gasteiger partial charge is 0.328 e. The van der Waals surface area contributed by atoms with Gasteiger partial charge in [0.2, 0.25) is 0 Å². The van der Waals surface area contributed by atoms with E-state index in [4.69, 9.17) is 9.47 Å². The van der Waals surface area contributed by atoms with E-state index in [1.165, 1.54) is 36.4 Å². The van der Waals surface area contributed by atoms with Gasteiger partial charge in [0.1, 0.15) is 12.1 Å². The van der Waals surface area contributed by atoms with E-state index in [0.717, 1.165) is 38.5 Å². The zero-order chi connectivity index (χ0) is 28.2. The molecule has 0 unspecified atom stereocenters. The maximum absolute atomic E-state index is 12.5. The van der Waals surface area contributed by atoms with Crippen molar-refractivity contribution < 1.29 is 38.5 Å². The molecule has 2 N–H and O–H groups in total. The van der Waals surface area contributed by atoms with Crippen LogP contribution in [0.4, 0.5) is 11.4 Å². The van der Waals surface area contributed by atoms with Crippen LogP contribution >= 0.6 is 0 Å². The number of rotatable bonds is 12. The van der Waals surface area contributed by atoms with Gasteiger partial charge in [0.25, 0.3) is 23.2 Å². The fourth-order valence-electron chi connectivity index (χ4n) is 3.13. The van der Waals surface area contributed by atoms with E-state index < -0.39 is 45.7 Å². The zero-order valence-electron chi connectivity index (χ0n) is 20.3. The van der Waals surface area contributed by atoms with Gasteiger partial charge in [-0.1, -0.05) is 12.2 Å². The number of amides is 2. The number of esters is 2. The van der Waals surface area contributed by atoms with Crippen molar-refractivity contribution in [1.82, 2.24) is 10.6 Å². The number of hydrogen-bond acceptors (Lipinski definition) is 10. The lowest BCUT2D eigenvalue weighted by Gasteiger charge is -2.16. The lowest BCUT2D eigenvalue weighted by atomic mass is 10.1. The molecule has 14 heteroatoms. The molecular weight excluding hydrogens is 504 g/mol. The molecule has 0 fully saturated rings. The normalized spacial score (nSPS) is 12.2. The molecule has 14 nitrogen and oxygen atoms in total. The fraction of sp³-hybridized carbons (Fsp3) is 0.250. The van der Waals surface area contributed by atoms with Gasteiger partial charge >= 0.3 is 11.9 Å². The Labute approximate surface area is 215 Å². The monoisotopic (exact) mass is 528 g/mol. The van der Waals surface area contributed by atoms with Gasteiger partial charge in [0.05, 0.1) is 24.1 Å². The van der Waals surface area contributed by atoms with Crippen LogP contribution in [0.5, 0.6) is 0 Å². The van der Waals surface area contributed by atoms with Crippen LogP contribution < -0.4 is 10.6 Å². The average molecular weight is 528 g/mol. The maximum atomic E-state index is 12.5. The Balaban J connectivity index is 2.03. The largest absolute Gasteiger partial charge is 0.467 e. The van der Waals surface area contributed by atoms with Crippen molar-refractivity contribution in [3.63, 3.8) is 0 Å². The van der Waals surface area contributed by atoms with E-state index in [0.29, 0.717) is 0 Å². The number of methoxy groups -OCH3 is 2. The molecule has 200 valence electrons. The third-order valence-corrected chi connectivity index (χ3v) is 5.17. The van der Waals surface area contributed by atoms with E-state index in [-0.39, 0.29) is 35.3 Å². The molecule has 0 saturated carbocycles. The SMILES string of the molecule is COC(=O)[C@H](CC=CC[C@H](NC(=O)c1ccc([N+](=O)[O-])cc1)C(=O)OC)NC(=O)c1ccc([N+](=O)[O-])cc1. The number of benzene rings is 2. The first-order valence-corrected chi connectivity index (χ1v) is 11.0. The molecule has 2 atom stereocenters. The Bertz CT molecular complexity index is 1130. The molecule has 2 amide bonds. The number of ether oxygens (including phenoxy) is 2. The average Bonchev–Trinajstić information content (AvgIpc) is 2.92. The highest BCUT2D eigenvalue weighted by Gasteiger charge is 2.23. The summed E-state index contributed by atoms with van der Waals surface area (Å²) in [4.78, 5) is 69.6. The first-order valence-electron chi connectivity index (χ1n) is 11.0. The summed E-state index contributed by atoms with van der Waals surface area (Å²) in [7, 11) is 2.27. The van der Waals surface area contributed by atoms with Crippen LogP contribution in [0.3, 0.4) is 0 Å². The maximum Gasteiger partial charge on any atom is 0.328 e.